The van der Waals surface area contributed by atoms with Crippen molar-refractivity contribution in [2.75, 3.05) is 18.6 Å². The standard InChI is InChI=1S/C25H24N2O5S/c1-3-4-13-32-19-7-5-6-17(15-19)21-20(22(28)16-8-10-18(31-2)11-9-16)23(29)24(30)27(21)25-26-12-14-33-25/h5-12,14-15,21,28H,3-4,13H2,1-2H3/b22-20+. The molecule has 3 aromatic rings. The van der Waals surface area contributed by atoms with E-state index in [4.69, 9.17) is 9.47 Å². The smallest absolute Gasteiger partial charge is 0.301 e. The summed E-state index contributed by atoms with van der Waals surface area (Å²) in [5, 5.41) is 13.3. The number of amides is 1. The van der Waals surface area contributed by atoms with Crippen LogP contribution in [0.3, 0.4) is 0 Å². The highest BCUT2D eigenvalue weighted by molar-refractivity contribution is 7.14. The van der Waals surface area contributed by atoms with Crippen LogP contribution in [0.4, 0.5) is 5.13 Å². The molecule has 1 fully saturated rings. The van der Waals surface area contributed by atoms with Gasteiger partial charge in [0.2, 0.25) is 0 Å². The molecule has 0 saturated carbocycles. The van der Waals surface area contributed by atoms with Gasteiger partial charge in [-0.25, -0.2) is 4.98 Å². The van der Waals surface area contributed by atoms with Crippen LogP contribution in [0.25, 0.3) is 5.76 Å². The molecule has 170 valence electrons. The van der Waals surface area contributed by atoms with Gasteiger partial charge in [-0.15, -0.1) is 11.3 Å². The van der Waals surface area contributed by atoms with E-state index < -0.39 is 17.7 Å². The van der Waals surface area contributed by atoms with Crippen LogP contribution in [0.1, 0.15) is 36.9 Å². The predicted octanol–water partition coefficient (Wildman–Crippen LogP) is 4.96. The minimum Gasteiger partial charge on any atom is -0.507 e. The van der Waals surface area contributed by atoms with Crippen LogP contribution in [0.5, 0.6) is 11.5 Å². The molecule has 1 N–H and O–H groups in total. The largest absolute Gasteiger partial charge is 0.507 e. The van der Waals surface area contributed by atoms with E-state index in [0.29, 0.717) is 34.4 Å². The van der Waals surface area contributed by atoms with Gasteiger partial charge in [-0.2, -0.15) is 0 Å². The summed E-state index contributed by atoms with van der Waals surface area (Å²) in [4.78, 5) is 31.8. The number of anilines is 1. The third-order valence-electron chi connectivity index (χ3n) is 5.37. The van der Waals surface area contributed by atoms with Crippen molar-refractivity contribution in [2.45, 2.75) is 25.8 Å². The van der Waals surface area contributed by atoms with E-state index in [9.17, 15) is 14.7 Å². The summed E-state index contributed by atoms with van der Waals surface area (Å²) in [7, 11) is 1.55. The van der Waals surface area contributed by atoms with E-state index in [1.165, 1.54) is 16.2 Å². The molecular formula is C25H24N2O5S. The van der Waals surface area contributed by atoms with Gasteiger partial charge in [0, 0.05) is 17.1 Å². The Bertz CT molecular complexity index is 1170. The number of ketones is 1. The summed E-state index contributed by atoms with van der Waals surface area (Å²) in [6.07, 6.45) is 3.50. The van der Waals surface area contributed by atoms with E-state index in [-0.39, 0.29) is 11.3 Å². The van der Waals surface area contributed by atoms with E-state index in [1.54, 1.807) is 49.0 Å². The van der Waals surface area contributed by atoms with Gasteiger partial charge >= 0.3 is 5.91 Å². The number of carbonyl (C=O) groups excluding carboxylic acids is 2. The molecule has 7 nitrogen and oxygen atoms in total. The third kappa shape index (κ3) is 4.47. The van der Waals surface area contributed by atoms with Crippen LogP contribution >= 0.6 is 11.3 Å². The fourth-order valence-corrected chi connectivity index (χ4v) is 4.36. The second kappa shape index (κ2) is 9.87. The number of rotatable bonds is 8. The number of Topliss-reactive ketones (excluding diaryl/α,β-unsaturated/α-hetero) is 1. The Hall–Kier alpha value is -3.65. The van der Waals surface area contributed by atoms with Crippen molar-refractivity contribution in [3.05, 3.63) is 76.8 Å². The molecule has 0 spiro atoms. The van der Waals surface area contributed by atoms with Crippen molar-refractivity contribution in [3.8, 4) is 11.5 Å². The molecular weight excluding hydrogens is 440 g/mol. The zero-order chi connectivity index (χ0) is 23.4. The van der Waals surface area contributed by atoms with Crippen LogP contribution < -0.4 is 14.4 Å². The quantitative estimate of drug-likeness (QED) is 0.219. The Morgan fingerprint density at radius 3 is 2.61 bits per heavy atom. The van der Waals surface area contributed by atoms with E-state index in [0.717, 1.165) is 12.8 Å². The van der Waals surface area contributed by atoms with Crippen molar-refractivity contribution in [1.82, 2.24) is 4.98 Å². The maximum Gasteiger partial charge on any atom is 0.301 e. The molecule has 1 amide bonds. The van der Waals surface area contributed by atoms with Crippen LogP contribution in [0.2, 0.25) is 0 Å². The maximum absolute atomic E-state index is 13.1. The number of aromatic nitrogens is 1. The van der Waals surface area contributed by atoms with Crippen molar-refractivity contribution in [2.24, 2.45) is 0 Å². The highest BCUT2D eigenvalue weighted by Crippen LogP contribution is 2.43. The number of benzene rings is 2. The average Bonchev–Trinajstić information content (AvgIpc) is 3.46. The molecule has 1 aromatic heterocycles. The second-order valence-corrected chi connectivity index (χ2v) is 8.36. The van der Waals surface area contributed by atoms with Gasteiger partial charge in [0.05, 0.1) is 25.3 Å². The summed E-state index contributed by atoms with van der Waals surface area (Å²) in [6, 6.07) is 13.1. The molecule has 1 saturated heterocycles. The molecule has 4 rings (SSSR count). The fraction of sp³-hybridized carbons (Fsp3) is 0.240. The lowest BCUT2D eigenvalue weighted by atomic mass is 9.95. The lowest BCUT2D eigenvalue weighted by Gasteiger charge is -2.23. The van der Waals surface area contributed by atoms with Crippen molar-refractivity contribution in [1.29, 1.82) is 0 Å². The molecule has 0 radical (unpaired) electrons. The Balaban J connectivity index is 1.83. The van der Waals surface area contributed by atoms with Gasteiger partial charge in [0.1, 0.15) is 17.3 Å². The predicted molar refractivity (Wildman–Crippen MR) is 127 cm³/mol. The molecule has 8 heteroatoms. The van der Waals surface area contributed by atoms with Gasteiger partial charge in [-0.3, -0.25) is 14.5 Å². The molecule has 1 aliphatic heterocycles. The normalized spacial score (nSPS) is 17.4. The number of aliphatic hydroxyl groups excluding tert-OH is 1. The van der Waals surface area contributed by atoms with Gasteiger partial charge in [0.25, 0.3) is 5.78 Å². The fourth-order valence-electron chi connectivity index (χ4n) is 3.69. The van der Waals surface area contributed by atoms with E-state index >= 15 is 0 Å². The average molecular weight is 465 g/mol. The molecule has 0 bridgehead atoms. The number of hydrogen-bond acceptors (Lipinski definition) is 7. The number of ether oxygens (including phenoxy) is 2. The topological polar surface area (TPSA) is 89.0 Å². The first-order valence-electron chi connectivity index (χ1n) is 10.6. The number of thiazole rings is 1. The zero-order valence-corrected chi connectivity index (χ0v) is 19.2. The van der Waals surface area contributed by atoms with Crippen LogP contribution in [0, 0.1) is 0 Å². The van der Waals surface area contributed by atoms with E-state index in [1.807, 2.05) is 18.2 Å². The van der Waals surface area contributed by atoms with Gasteiger partial charge in [-0.05, 0) is 48.4 Å². The SMILES string of the molecule is CCCCOc1cccc(C2/C(=C(\O)c3ccc(OC)cc3)C(=O)C(=O)N2c2nccs2)c1. The van der Waals surface area contributed by atoms with Gasteiger partial charge in [0.15, 0.2) is 5.13 Å². The highest BCUT2D eigenvalue weighted by atomic mass is 32.1. The first kappa shape index (κ1) is 22.5. The number of methoxy groups -OCH3 is 1. The van der Waals surface area contributed by atoms with Crippen molar-refractivity contribution < 1.29 is 24.2 Å². The minimum absolute atomic E-state index is 0.00563. The Labute approximate surface area is 195 Å². The minimum atomic E-state index is -0.840. The summed E-state index contributed by atoms with van der Waals surface area (Å²) >= 11 is 1.25. The first-order valence-corrected chi connectivity index (χ1v) is 11.5. The summed E-state index contributed by atoms with van der Waals surface area (Å²) in [5.74, 6) is -0.501. The summed E-state index contributed by atoms with van der Waals surface area (Å²) in [6.45, 7) is 2.65. The number of carbonyl (C=O) groups is 2. The molecule has 1 atom stereocenters. The third-order valence-corrected chi connectivity index (χ3v) is 6.14. The lowest BCUT2D eigenvalue weighted by Crippen LogP contribution is -2.29. The van der Waals surface area contributed by atoms with Crippen LogP contribution in [-0.2, 0) is 9.59 Å². The molecule has 2 aromatic carbocycles. The monoisotopic (exact) mass is 464 g/mol. The summed E-state index contributed by atoms with van der Waals surface area (Å²) in [5.41, 5.74) is 1.06. The first-order chi connectivity index (χ1) is 16.0. The Kier molecular flexibility index (Phi) is 6.74. The van der Waals surface area contributed by atoms with Crippen molar-refractivity contribution >= 4 is 33.9 Å². The molecule has 1 unspecified atom stereocenters. The molecule has 1 aliphatic rings. The Morgan fingerprint density at radius 1 is 1.15 bits per heavy atom. The molecule has 0 aliphatic carbocycles. The van der Waals surface area contributed by atoms with Gasteiger partial charge < -0.3 is 14.6 Å². The van der Waals surface area contributed by atoms with Crippen LogP contribution in [0.15, 0.2) is 65.7 Å². The van der Waals surface area contributed by atoms with Gasteiger partial charge in [-0.1, -0.05) is 25.5 Å². The second-order valence-electron chi connectivity index (χ2n) is 7.49. The van der Waals surface area contributed by atoms with Crippen molar-refractivity contribution in [3.63, 3.8) is 0 Å². The lowest BCUT2D eigenvalue weighted by molar-refractivity contribution is -0.132. The number of unbranched alkanes of at least 4 members (excludes halogenated alkanes) is 1. The number of nitrogens with zero attached hydrogens (tertiary/aromatic N) is 2. The van der Waals surface area contributed by atoms with Crippen LogP contribution in [-0.4, -0.2) is 35.5 Å². The molecule has 2 heterocycles. The maximum atomic E-state index is 13.1. The zero-order valence-electron chi connectivity index (χ0n) is 18.4. The Morgan fingerprint density at radius 2 is 1.94 bits per heavy atom. The number of aliphatic hydroxyl groups is 1. The molecule has 33 heavy (non-hydrogen) atoms. The number of hydrogen-bond donors (Lipinski definition) is 1. The highest BCUT2D eigenvalue weighted by Gasteiger charge is 2.48. The summed E-state index contributed by atoms with van der Waals surface area (Å²) < 4.78 is 11.0. The van der Waals surface area contributed by atoms with E-state index in [2.05, 4.69) is 11.9 Å².